The van der Waals surface area contributed by atoms with Crippen molar-refractivity contribution in [2.75, 3.05) is 18.1 Å². The van der Waals surface area contributed by atoms with Crippen molar-refractivity contribution >= 4 is 23.3 Å². The van der Waals surface area contributed by atoms with Gasteiger partial charge in [-0.25, -0.2) is 4.98 Å². The van der Waals surface area contributed by atoms with Crippen LogP contribution >= 0.6 is 11.6 Å². The summed E-state index contributed by atoms with van der Waals surface area (Å²) in [7, 11) is 0. The fourth-order valence-corrected chi connectivity index (χ4v) is 2.93. The first-order valence-corrected chi connectivity index (χ1v) is 7.06. The molecule has 7 heteroatoms. The summed E-state index contributed by atoms with van der Waals surface area (Å²) in [5.74, 6) is 0.600. The number of aliphatic hydroxyl groups is 1. The summed E-state index contributed by atoms with van der Waals surface area (Å²) in [4.78, 5) is 6.44. The van der Waals surface area contributed by atoms with E-state index in [1.54, 1.807) is 12.3 Å². The molecule has 0 aliphatic carbocycles. The Morgan fingerprint density at radius 3 is 3.05 bits per heavy atom. The molecule has 2 rings (SSSR count). The summed E-state index contributed by atoms with van der Waals surface area (Å²) < 4.78 is 0. The van der Waals surface area contributed by atoms with Crippen LogP contribution in [0.4, 0.5) is 5.82 Å². The van der Waals surface area contributed by atoms with E-state index in [4.69, 9.17) is 22.5 Å². The predicted molar refractivity (Wildman–Crippen MR) is 78.4 cm³/mol. The van der Waals surface area contributed by atoms with E-state index >= 15 is 0 Å². The highest BCUT2D eigenvalue weighted by molar-refractivity contribution is 6.36. The van der Waals surface area contributed by atoms with Gasteiger partial charge in [0.1, 0.15) is 5.82 Å². The molecule has 0 bridgehead atoms. The summed E-state index contributed by atoms with van der Waals surface area (Å²) in [5.41, 5.74) is 6.08. The van der Waals surface area contributed by atoms with Crippen LogP contribution in [0.1, 0.15) is 31.2 Å². The third-order valence-electron chi connectivity index (χ3n) is 3.62. The average molecular weight is 299 g/mol. The largest absolute Gasteiger partial charge is 0.409 e. The SMILES string of the molecule is N/C(=N/O)c1ccnc(N2CCCCC2CCO)c1Cl. The van der Waals surface area contributed by atoms with Gasteiger partial charge in [0.15, 0.2) is 5.84 Å². The summed E-state index contributed by atoms with van der Waals surface area (Å²) >= 11 is 6.34. The van der Waals surface area contributed by atoms with Crippen molar-refractivity contribution in [3.05, 3.63) is 22.8 Å². The van der Waals surface area contributed by atoms with Crippen LogP contribution in [-0.4, -0.2) is 40.3 Å². The molecule has 0 radical (unpaired) electrons. The molecule has 1 saturated heterocycles. The number of aromatic nitrogens is 1. The number of piperidine rings is 1. The molecule has 110 valence electrons. The smallest absolute Gasteiger partial charge is 0.171 e. The van der Waals surface area contributed by atoms with Crippen LogP contribution in [0.2, 0.25) is 5.02 Å². The van der Waals surface area contributed by atoms with Gasteiger partial charge in [0.2, 0.25) is 0 Å². The number of aliphatic hydroxyl groups excluding tert-OH is 1. The lowest BCUT2D eigenvalue weighted by atomic mass is 9.99. The first-order chi connectivity index (χ1) is 9.69. The summed E-state index contributed by atoms with van der Waals surface area (Å²) in [6.45, 7) is 0.982. The van der Waals surface area contributed by atoms with Gasteiger partial charge in [0, 0.05) is 31.0 Å². The molecular formula is C13H19ClN4O2. The molecule has 1 aromatic rings. The molecule has 1 atom stereocenters. The Balaban J connectivity index is 2.35. The summed E-state index contributed by atoms with van der Waals surface area (Å²) in [6, 6.07) is 1.84. The molecule has 0 aromatic carbocycles. The van der Waals surface area contributed by atoms with Gasteiger partial charge in [-0.05, 0) is 31.7 Å². The Bertz CT molecular complexity index is 493. The van der Waals surface area contributed by atoms with Crippen molar-refractivity contribution in [2.45, 2.75) is 31.7 Å². The molecule has 1 aliphatic heterocycles. The van der Waals surface area contributed by atoms with Crippen LogP contribution in [0, 0.1) is 0 Å². The fourth-order valence-electron chi connectivity index (χ4n) is 2.61. The Morgan fingerprint density at radius 2 is 2.35 bits per heavy atom. The zero-order valence-corrected chi connectivity index (χ0v) is 11.9. The van der Waals surface area contributed by atoms with E-state index in [1.807, 2.05) is 0 Å². The zero-order chi connectivity index (χ0) is 14.5. The number of nitrogens with zero attached hydrogens (tertiary/aromatic N) is 3. The number of rotatable bonds is 4. The number of pyridine rings is 1. The van der Waals surface area contributed by atoms with Gasteiger partial charge in [-0.2, -0.15) is 0 Å². The van der Waals surface area contributed by atoms with E-state index in [9.17, 15) is 5.11 Å². The van der Waals surface area contributed by atoms with E-state index in [1.165, 1.54) is 0 Å². The van der Waals surface area contributed by atoms with Crippen molar-refractivity contribution in [3.8, 4) is 0 Å². The van der Waals surface area contributed by atoms with E-state index < -0.39 is 0 Å². The summed E-state index contributed by atoms with van der Waals surface area (Å²) in [6.07, 6.45) is 5.49. The Labute approximate surface area is 122 Å². The van der Waals surface area contributed by atoms with E-state index in [-0.39, 0.29) is 18.5 Å². The lowest BCUT2D eigenvalue weighted by Crippen LogP contribution is -2.41. The quantitative estimate of drug-likeness (QED) is 0.339. The molecule has 0 amide bonds. The van der Waals surface area contributed by atoms with Crippen molar-refractivity contribution < 1.29 is 10.3 Å². The highest BCUT2D eigenvalue weighted by atomic mass is 35.5. The monoisotopic (exact) mass is 298 g/mol. The lowest BCUT2D eigenvalue weighted by Gasteiger charge is -2.37. The Kier molecular flexibility index (Phi) is 5.03. The number of nitrogens with two attached hydrogens (primary N) is 1. The van der Waals surface area contributed by atoms with Crippen LogP contribution in [0.15, 0.2) is 17.4 Å². The lowest BCUT2D eigenvalue weighted by molar-refractivity contribution is 0.262. The number of hydrogen-bond donors (Lipinski definition) is 3. The maximum Gasteiger partial charge on any atom is 0.171 e. The van der Waals surface area contributed by atoms with Gasteiger partial charge in [0.25, 0.3) is 0 Å². The van der Waals surface area contributed by atoms with Crippen molar-refractivity contribution in [1.29, 1.82) is 0 Å². The molecule has 2 heterocycles. The number of hydrogen-bond acceptors (Lipinski definition) is 5. The third kappa shape index (κ3) is 2.96. The number of amidine groups is 1. The number of halogens is 1. The first-order valence-electron chi connectivity index (χ1n) is 6.69. The second-order valence-electron chi connectivity index (χ2n) is 4.84. The predicted octanol–water partition coefficient (Wildman–Crippen LogP) is 1.57. The maximum absolute atomic E-state index is 9.18. The minimum absolute atomic E-state index is 0.0330. The van der Waals surface area contributed by atoms with Gasteiger partial charge >= 0.3 is 0 Å². The van der Waals surface area contributed by atoms with Gasteiger partial charge in [-0.15, -0.1) is 0 Å². The fraction of sp³-hybridized carbons (Fsp3) is 0.538. The Morgan fingerprint density at radius 1 is 1.55 bits per heavy atom. The molecular weight excluding hydrogens is 280 g/mol. The molecule has 1 fully saturated rings. The molecule has 1 aliphatic rings. The van der Waals surface area contributed by atoms with Gasteiger partial charge in [0.05, 0.1) is 5.02 Å². The summed E-state index contributed by atoms with van der Waals surface area (Å²) in [5, 5.41) is 21.3. The molecule has 0 saturated carbocycles. The van der Waals surface area contributed by atoms with E-state index in [0.717, 1.165) is 25.8 Å². The van der Waals surface area contributed by atoms with E-state index in [2.05, 4.69) is 15.0 Å². The molecule has 0 spiro atoms. The van der Waals surface area contributed by atoms with E-state index in [0.29, 0.717) is 22.8 Å². The molecule has 6 nitrogen and oxygen atoms in total. The molecule has 1 aromatic heterocycles. The van der Waals surface area contributed by atoms with Gasteiger partial charge in [-0.1, -0.05) is 16.8 Å². The third-order valence-corrected chi connectivity index (χ3v) is 3.99. The van der Waals surface area contributed by atoms with Crippen LogP contribution in [0.25, 0.3) is 0 Å². The zero-order valence-electron chi connectivity index (χ0n) is 11.2. The van der Waals surface area contributed by atoms with Crippen molar-refractivity contribution in [2.24, 2.45) is 10.9 Å². The number of anilines is 1. The van der Waals surface area contributed by atoms with Crippen molar-refractivity contribution in [1.82, 2.24) is 4.98 Å². The average Bonchev–Trinajstić information content (AvgIpc) is 2.48. The molecule has 4 N–H and O–H groups in total. The van der Waals surface area contributed by atoms with Gasteiger partial charge < -0.3 is 20.9 Å². The number of oxime groups is 1. The minimum atomic E-state index is -0.0330. The maximum atomic E-state index is 9.18. The molecule has 20 heavy (non-hydrogen) atoms. The normalized spacial score (nSPS) is 20.2. The topological polar surface area (TPSA) is 95.0 Å². The Hall–Kier alpha value is -1.53. The van der Waals surface area contributed by atoms with Crippen molar-refractivity contribution in [3.63, 3.8) is 0 Å². The second-order valence-corrected chi connectivity index (χ2v) is 5.21. The molecule has 1 unspecified atom stereocenters. The highest BCUT2D eigenvalue weighted by Crippen LogP contribution is 2.32. The first kappa shape index (κ1) is 14.9. The minimum Gasteiger partial charge on any atom is -0.409 e. The van der Waals surface area contributed by atoms with Crippen LogP contribution in [0.3, 0.4) is 0 Å². The highest BCUT2D eigenvalue weighted by Gasteiger charge is 2.26. The second kappa shape index (κ2) is 6.76. The van der Waals surface area contributed by atoms with Gasteiger partial charge in [-0.3, -0.25) is 0 Å². The van der Waals surface area contributed by atoms with Crippen LogP contribution < -0.4 is 10.6 Å². The van der Waals surface area contributed by atoms with Crippen LogP contribution in [0.5, 0.6) is 0 Å². The van der Waals surface area contributed by atoms with Crippen LogP contribution in [-0.2, 0) is 0 Å². The standard InChI is InChI=1S/C13H19ClN4O2/c14-11-10(12(15)17-20)4-6-16-13(11)18-7-2-1-3-9(18)5-8-19/h4,6,9,19-20H,1-3,5,7-8H2,(H2,15,17).